The van der Waals surface area contributed by atoms with E-state index < -0.39 is 73.2 Å². The number of hydrogen-bond donors (Lipinski definition) is 9. The van der Waals surface area contributed by atoms with Gasteiger partial charge in [0.15, 0.2) is 0 Å². The maximum atomic E-state index is 11.0. The molecule has 0 radical (unpaired) electrons. The van der Waals surface area contributed by atoms with E-state index in [0.29, 0.717) is 0 Å². The van der Waals surface area contributed by atoms with Crippen molar-refractivity contribution in [2.24, 2.45) is 0 Å². The molecule has 0 unspecified atom stereocenters. The fraction of sp³-hybridized carbons (Fsp3) is 0.455. The van der Waals surface area contributed by atoms with Gasteiger partial charge >= 0.3 is 0 Å². The van der Waals surface area contributed by atoms with Crippen LogP contribution in [0.15, 0.2) is 91.0 Å². The SMILES string of the molecule is OC1C(O)C(O)C(O)C(O)C1O.OC1C(OCc2ccccc2)C(O)C(OCc2ccccc2)C(O)C1OCc1ccccc1. The average molecular weight is 631 g/mol. The predicted octanol–water partition coefficient (Wildman–Crippen LogP) is -0.996. The molecule has 2 fully saturated rings. The number of ether oxygens (including phenoxy) is 3. The van der Waals surface area contributed by atoms with Gasteiger partial charge < -0.3 is 60.2 Å². The normalized spacial score (nSPS) is 34.9. The lowest BCUT2D eigenvalue weighted by molar-refractivity contribution is -0.261. The van der Waals surface area contributed by atoms with Gasteiger partial charge in [-0.25, -0.2) is 0 Å². The van der Waals surface area contributed by atoms with E-state index in [2.05, 4.69) is 0 Å². The van der Waals surface area contributed by atoms with E-state index in [-0.39, 0.29) is 19.8 Å². The number of aliphatic hydroxyl groups excluding tert-OH is 9. The molecular formula is C33H42O12. The predicted molar refractivity (Wildman–Crippen MR) is 159 cm³/mol. The Kier molecular flexibility index (Phi) is 13.0. The molecule has 0 heterocycles. The molecule has 0 saturated heterocycles. The van der Waals surface area contributed by atoms with E-state index in [1.165, 1.54) is 0 Å². The van der Waals surface area contributed by atoms with E-state index >= 15 is 0 Å². The van der Waals surface area contributed by atoms with E-state index in [1.54, 1.807) is 0 Å². The molecule has 2 saturated carbocycles. The zero-order valence-corrected chi connectivity index (χ0v) is 24.5. The van der Waals surface area contributed by atoms with Crippen molar-refractivity contribution >= 4 is 0 Å². The van der Waals surface area contributed by atoms with Crippen molar-refractivity contribution in [1.29, 1.82) is 0 Å². The molecule has 5 rings (SSSR count). The van der Waals surface area contributed by atoms with Crippen molar-refractivity contribution in [1.82, 2.24) is 0 Å². The highest BCUT2D eigenvalue weighted by Crippen LogP contribution is 2.30. The summed E-state index contributed by atoms with van der Waals surface area (Å²) in [6.45, 7) is 0.603. The summed E-state index contributed by atoms with van der Waals surface area (Å²) in [6, 6.07) is 28.5. The zero-order chi connectivity index (χ0) is 32.5. The van der Waals surface area contributed by atoms with Crippen LogP contribution in [0.25, 0.3) is 0 Å². The maximum Gasteiger partial charge on any atom is 0.115 e. The average Bonchev–Trinajstić information content (AvgIpc) is 3.07. The van der Waals surface area contributed by atoms with Crippen molar-refractivity contribution < 1.29 is 60.2 Å². The Morgan fingerprint density at radius 1 is 0.311 bits per heavy atom. The quantitative estimate of drug-likeness (QED) is 0.140. The van der Waals surface area contributed by atoms with Crippen molar-refractivity contribution in [3.05, 3.63) is 108 Å². The van der Waals surface area contributed by atoms with Crippen LogP contribution in [0.2, 0.25) is 0 Å². The Labute approximate surface area is 261 Å². The van der Waals surface area contributed by atoms with E-state index in [9.17, 15) is 15.3 Å². The van der Waals surface area contributed by atoms with Gasteiger partial charge in [0.05, 0.1) is 19.8 Å². The van der Waals surface area contributed by atoms with Gasteiger partial charge in [-0.3, -0.25) is 0 Å². The lowest BCUT2D eigenvalue weighted by atomic mass is 9.84. The third-order valence-electron chi connectivity index (χ3n) is 7.97. The summed E-state index contributed by atoms with van der Waals surface area (Å²) in [7, 11) is 0. The molecule has 12 nitrogen and oxygen atoms in total. The molecule has 0 aliphatic heterocycles. The van der Waals surface area contributed by atoms with Gasteiger partial charge in [-0.2, -0.15) is 0 Å². The molecule has 0 aromatic heterocycles. The standard InChI is InChI=1S/C27H30O6.C6H12O6/c28-22-25(31-16-19-10-4-1-5-11-19)23(29)27(33-18-21-14-8-3-9-15-21)24(30)26(22)32-17-20-12-6-2-7-13-20;7-1-2(8)4(10)6(12)5(11)3(1)9/h1-15,22-30H,16-18H2;1-12H. The fourth-order valence-corrected chi connectivity index (χ4v) is 5.27. The zero-order valence-electron chi connectivity index (χ0n) is 24.5. The minimum absolute atomic E-state index is 0.201. The molecule has 0 bridgehead atoms. The summed E-state index contributed by atoms with van der Waals surface area (Å²) >= 11 is 0. The second-order valence-electron chi connectivity index (χ2n) is 11.2. The highest BCUT2D eigenvalue weighted by atomic mass is 16.6. The van der Waals surface area contributed by atoms with E-state index in [0.717, 1.165) is 16.7 Å². The summed E-state index contributed by atoms with van der Waals surface area (Å²) in [4.78, 5) is 0. The molecule has 0 atom stereocenters. The number of aliphatic hydroxyl groups is 9. The minimum Gasteiger partial charge on any atom is -0.387 e. The highest BCUT2D eigenvalue weighted by molar-refractivity contribution is 5.16. The number of benzene rings is 3. The lowest BCUT2D eigenvalue weighted by Gasteiger charge is -2.45. The van der Waals surface area contributed by atoms with Crippen LogP contribution in [-0.2, 0) is 34.0 Å². The van der Waals surface area contributed by atoms with Crippen LogP contribution in [0.4, 0.5) is 0 Å². The first-order valence-corrected chi connectivity index (χ1v) is 14.7. The molecule has 12 heteroatoms. The summed E-state index contributed by atoms with van der Waals surface area (Å²) < 4.78 is 17.8. The minimum atomic E-state index is -1.64. The molecule has 2 aliphatic rings. The Balaban J connectivity index is 0.000000323. The summed E-state index contributed by atoms with van der Waals surface area (Å²) in [5, 5.41) is 86.9. The number of rotatable bonds is 9. The molecule has 3 aromatic carbocycles. The van der Waals surface area contributed by atoms with Crippen LogP contribution in [0.3, 0.4) is 0 Å². The molecule has 9 N–H and O–H groups in total. The Morgan fingerprint density at radius 2 is 0.511 bits per heavy atom. The summed E-state index contributed by atoms with van der Waals surface area (Å²) in [6.07, 6.45) is -16.5. The van der Waals surface area contributed by atoms with Gasteiger partial charge in [-0.15, -0.1) is 0 Å². The van der Waals surface area contributed by atoms with Crippen molar-refractivity contribution in [2.75, 3.05) is 0 Å². The summed E-state index contributed by atoms with van der Waals surface area (Å²) in [5.41, 5.74) is 2.73. The van der Waals surface area contributed by atoms with Crippen LogP contribution >= 0.6 is 0 Å². The first kappa shape index (κ1) is 35.0. The lowest BCUT2D eigenvalue weighted by Crippen LogP contribution is -2.65. The monoisotopic (exact) mass is 630 g/mol. The Morgan fingerprint density at radius 3 is 0.711 bits per heavy atom. The van der Waals surface area contributed by atoms with Crippen LogP contribution in [0.5, 0.6) is 0 Å². The molecular weight excluding hydrogens is 588 g/mol. The second-order valence-corrected chi connectivity index (χ2v) is 11.2. The van der Waals surface area contributed by atoms with Crippen LogP contribution in [0.1, 0.15) is 16.7 Å². The molecule has 0 amide bonds. The van der Waals surface area contributed by atoms with E-state index in [1.807, 2.05) is 91.0 Å². The smallest absolute Gasteiger partial charge is 0.115 e. The van der Waals surface area contributed by atoms with Crippen molar-refractivity contribution in [3.63, 3.8) is 0 Å². The third kappa shape index (κ3) is 8.92. The van der Waals surface area contributed by atoms with Gasteiger partial charge in [0, 0.05) is 0 Å². The fourth-order valence-electron chi connectivity index (χ4n) is 5.27. The number of hydrogen-bond acceptors (Lipinski definition) is 12. The molecule has 246 valence electrons. The van der Waals surface area contributed by atoms with Gasteiger partial charge in [0.1, 0.15) is 73.2 Å². The molecule has 45 heavy (non-hydrogen) atoms. The molecule has 2 aliphatic carbocycles. The highest BCUT2D eigenvalue weighted by Gasteiger charge is 2.51. The van der Waals surface area contributed by atoms with Crippen LogP contribution in [-0.4, -0.2) is 119 Å². The third-order valence-corrected chi connectivity index (χ3v) is 7.97. The molecule has 3 aromatic rings. The van der Waals surface area contributed by atoms with Crippen molar-refractivity contribution in [3.8, 4) is 0 Å². The summed E-state index contributed by atoms with van der Waals surface area (Å²) in [5.74, 6) is 0. The second kappa shape index (κ2) is 16.7. The van der Waals surface area contributed by atoms with Gasteiger partial charge in [-0.1, -0.05) is 91.0 Å². The van der Waals surface area contributed by atoms with Crippen LogP contribution < -0.4 is 0 Å². The van der Waals surface area contributed by atoms with E-state index in [4.69, 9.17) is 44.8 Å². The molecule has 0 spiro atoms. The van der Waals surface area contributed by atoms with Crippen molar-refractivity contribution in [2.45, 2.75) is 93.1 Å². The van der Waals surface area contributed by atoms with Gasteiger partial charge in [0.25, 0.3) is 0 Å². The maximum absolute atomic E-state index is 11.0. The van der Waals surface area contributed by atoms with Crippen LogP contribution in [0, 0.1) is 0 Å². The largest absolute Gasteiger partial charge is 0.387 e. The Hall–Kier alpha value is -2.82. The van der Waals surface area contributed by atoms with Gasteiger partial charge in [-0.05, 0) is 16.7 Å². The van der Waals surface area contributed by atoms with Gasteiger partial charge in [0.2, 0.25) is 0 Å². The topological polar surface area (TPSA) is 210 Å². The Bertz CT molecular complexity index is 1050. The first-order chi connectivity index (χ1) is 21.6. The first-order valence-electron chi connectivity index (χ1n) is 14.7.